The third-order valence-electron chi connectivity index (χ3n) is 1.14. The normalized spacial score (nSPS) is 14.4. The van der Waals surface area contributed by atoms with Gasteiger partial charge in [-0.05, 0) is 0 Å². The smallest absolute Gasteiger partial charge is 0.360 e. The van der Waals surface area contributed by atoms with Crippen molar-refractivity contribution in [3.05, 3.63) is 0 Å². The Morgan fingerprint density at radius 3 is 1.86 bits per heavy atom. The molecule has 0 saturated carbocycles. The lowest BCUT2D eigenvalue weighted by molar-refractivity contribution is -0.196. The first-order valence-electron chi connectivity index (χ1n) is 3.35. The Labute approximate surface area is 77.3 Å². The predicted molar refractivity (Wildman–Crippen MR) is 38.4 cm³/mol. The van der Waals surface area contributed by atoms with Crippen LogP contribution < -0.4 is 0 Å². The number of carbonyl (C=O) groups is 3. The molecule has 14 heavy (non-hydrogen) atoms. The monoisotopic (exact) mass is 208 g/mol. The molecule has 2 unspecified atom stereocenters. The summed E-state index contributed by atoms with van der Waals surface area (Å²) in [5.41, 5.74) is 0. The Kier molecular flexibility index (Phi) is 4.53. The van der Waals surface area contributed by atoms with Crippen LogP contribution in [0.4, 0.5) is 0 Å². The molecule has 0 aliphatic carbocycles. The average Bonchev–Trinajstić information content (AvgIpc) is 2.01. The molecule has 0 amide bonds. The van der Waals surface area contributed by atoms with Gasteiger partial charge in [-0.15, -0.1) is 0 Å². The van der Waals surface area contributed by atoms with Crippen molar-refractivity contribution < 1.29 is 39.5 Å². The number of rotatable bonds is 6. The molecular weight excluding hydrogens is 200 g/mol. The van der Waals surface area contributed by atoms with Crippen LogP contribution in [0.1, 0.15) is 6.42 Å². The van der Waals surface area contributed by atoms with Crippen LogP contribution in [0.25, 0.3) is 0 Å². The maximum Gasteiger partial charge on any atom is 0.360 e. The second kappa shape index (κ2) is 5.14. The lowest BCUT2D eigenvalue weighted by Gasteiger charge is -2.13. The van der Waals surface area contributed by atoms with E-state index in [1.807, 2.05) is 0 Å². The van der Waals surface area contributed by atoms with Gasteiger partial charge in [-0.3, -0.25) is 4.79 Å². The van der Waals surface area contributed by atoms with E-state index < -0.39 is 36.7 Å². The summed E-state index contributed by atoms with van der Waals surface area (Å²) in [7, 11) is 0. The molecule has 4 N–H and O–H groups in total. The highest BCUT2D eigenvalue weighted by Gasteiger charge is 2.27. The number of hydrogen-bond donors (Lipinski definition) is 4. The van der Waals surface area contributed by atoms with Gasteiger partial charge in [0, 0.05) is 0 Å². The van der Waals surface area contributed by atoms with E-state index in [0.29, 0.717) is 0 Å². The van der Waals surface area contributed by atoms with Gasteiger partial charge in [-0.1, -0.05) is 0 Å². The predicted octanol–water partition coefficient (Wildman–Crippen LogP) is -1.67. The fourth-order valence-corrected chi connectivity index (χ4v) is 0.566. The summed E-state index contributed by atoms with van der Waals surface area (Å²) in [6.07, 6.45) is -5.17. The summed E-state index contributed by atoms with van der Waals surface area (Å²) in [6.45, 7) is 0. The highest BCUT2D eigenvalue weighted by Crippen LogP contribution is 2.02. The van der Waals surface area contributed by atoms with Crippen LogP contribution in [0.2, 0.25) is 0 Å². The van der Waals surface area contributed by atoms with Crippen molar-refractivity contribution in [2.45, 2.75) is 18.8 Å². The Balaban J connectivity index is 4.30. The zero-order chi connectivity index (χ0) is 11.3. The van der Waals surface area contributed by atoms with Gasteiger partial charge in [-0.25, -0.2) is 9.59 Å². The van der Waals surface area contributed by atoms with Crippen LogP contribution in [-0.4, -0.2) is 50.7 Å². The van der Waals surface area contributed by atoms with E-state index in [-0.39, 0.29) is 0 Å². The van der Waals surface area contributed by atoms with Crippen LogP contribution >= 0.6 is 0 Å². The van der Waals surface area contributed by atoms with Crippen molar-refractivity contribution in [3.63, 3.8) is 0 Å². The Morgan fingerprint density at radius 2 is 1.57 bits per heavy atom. The van der Waals surface area contributed by atoms with E-state index in [2.05, 4.69) is 4.74 Å². The summed E-state index contributed by atoms with van der Waals surface area (Å²) in [6, 6.07) is 0. The number of aliphatic hydroxyl groups is 1. The molecule has 0 aliphatic rings. The van der Waals surface area contributed by atoms with Crippen LogP contribution in [0.3, 0.4) is 0 Å². The first-order chi connectivity index (χ1) is 6.34. The van der Waals surface area contributed by atoms with E-state index in [9.17, 15) is 14.4 Å². The number of carboxylic acids is 3. The zero-order valence-corrected chi connectivity index (χ0v) is 6.78. The van der Waals surface area contributed by atoms with Gasteiger partial charge >= 0.3 is 17.9 Å². The van der Waals surface area contributed by atoms with Crippen LogP contribution in [-0.2, 0) is 19.1 Å². The number of aliphatic hydroxyl groups excluding tert-OH is 1. The average molecular weight is 208 g/mol. The maximum absolute atomic E-state index is 10.3. The SMILES string of the molecule is O=C(O)CC(OC(O)C(=O)O)C(=O)O. The minimum Gasteiger partial charge on any atom is -0.481 e. The minimum atomic E-state index is -2.35. The van der Waals surface area contributed by atoms with Crippen molar-refractivity contribution >= 4 is 17.9 Å². The molecule has 0 radical (unpaired) electrons. The number of aliphatic carboxylic acids is 3. The van der Waals surface area contributed by atoms with Crippen molar-refractivity contribution in [2.75, 3.05) is 0 Å². The molecule has 80 valence electrons. The molecule has 2 atom stereocenters. The van der Waals surface area contributed by atoms with Crippen molar-refractivity contribution in [3.8, 4) is 0 Å². The molecule has 0 heterocycles. The van der Waals surface area contributed by atoms with Gasteiger partial charge < -0.3 is 25.2 Å². The lowest BCUT2D eigenvalue weighted by atomic mass is 10.2. The quantitative estimate of drug-likeness (QED) is 0.380. The Morgan fingerprint density at radius 1 is 1.07 bits per heavy atom. The molecule has 0 rings (SSSR count). The van der Waals surface area contributed by atoms with E-state index in [4.69, 9.17) is 20.4 Å². The van der Waals surface area contributed by atoms with Gasteiger partial charge in [0.15, 0.2) is 6.10 Å². The number of hydrogen-bond acceptors (Lipinski definition) is 5. The van der Waals surface area contributed by atoms with E-state index in [0.717, 1.165) is 0 Å². The Bertz CT molecular complexity index is 246. The van der Waals surface area contributed by atoms with Crippen LogP contribution in [0.5, 0.6) is 0 Å². The first kappa shape index (κ1) is 12.3. The third-order valence-corrected chi connectivity index (χ3v) is 1.14. The topological polar surface area (TPSA) is 141 Å². The molecular formula is C6H8O8. The summed E-state index contributed by atoms with van der Waals surface area (Å²) in [4.78, 5) is 30.4. The van der Waals surface area contributed by atoms with Crippen LogP contribution in [0, 0.1) is 0 Å². The molecule has 0 aliphatic heterocycles. The van der Waals surface area contributed by atoms with Gasteiger partial charge in [0.05, 0.1) is 6.42 Å². The van der Waals surface area contributed by atoms with E-state index in [1.54, 1.807) is 0 Å². The molecule has 0 spiro atoms. The maximum atomic E-state index is 10.3. The molecule has 0 fully saturated rings. The van der Waals surface area contributed by atoms with Gasteiger partial charge in [0.1, 0.15) is 0 Å². The summed E-state index contributed by atoms with van der Waals surface area (Å²) in [5, 5.41) is 33.3. The molecule has 0 saturated heterocycles. The van der Waals surface area contributed by atoms with Gasteiger partial charge in [0.2, 0.25) is 0 Å². The standard InChI is InChI=1S/C6H8O8/c7-3(8)1-2(4(9)10)14-6(13)5(11)12/h2,6,13H,1H2,(H,7,8)(H,9,10)(H,11,12). The minimum absolute atomic E-state index is 0.931. The largest absolute Gasteiger partial charge is 0.481 e. The van der Waals surface area contributed by atoms with Crippen molar-refractivity contribution in [1.29, 1.82) is 0 Å². The molecule has 8 heteroatoms. The van der Waals surface area contributed by atoms with E-state index >= 15 is 0 Å². The van der Waals surface area contributed by atoms with Gasteiger partial charge in [-0.2, -0.15) is 0 Å². The molecule has 0 aromatic rings. The summed E-state index contributed by atoms with van der Waals surface area (Å²) < 4.78 is 4.06. The second-order valence-corrected chi connectivity index (χ2v) is 2.25. The Hall–Kier alpha value is -1.67. The lowest BCUT2D eigenvalue weighted by Crippen LogP contribution is -2.35. The molecule has 0 bridgehead atoms. The summed E-state index contributed by atoms with van der Waals surface area (Å²) in [5.74, 6) is -4.93. The molecule has 8 nitrogen and oxygen atoms in total. The van der Waals surface area contributed by atoms with E-state index in [1.165, 1.54) is 0 Å². The highest BCUT2D eigenvalue weighted by molar-refractivity contribution is 5.80. The fraction of sp³-hybridized carbons (Fsp3) is 0.500. The molecule has 0 aromatic carbocycles. The third kappa shape index (κ3) is 4.38. The highest BCUT2D eigenvalue weighted by atomic mass is 16.6. The fourth-order valence-electron chi connectivity index (χ4n) is 0.566. The van der Waals surface area contributed by atoms with Crippen molar-refractivity contribution in [1.82, 2.24) is 0 Å². The van der Waals surface area contributed by atoms with Gasteiger partial charge in [0.25, 0.3) is 6.29 Å². The molecule has 0 aromatic heterocycles. The first-order valence-corrected chi connectivity index (χ1v) is 3.35. The van der Waals surface area contributed by atoms with Crippen LogP contribution in [0.15, 0.2) is 0 Å². The number of carboxylic acid groups (broad SMARTS) is 3. The zero-order valence-electron chi connectivity index (χ0n) is 6.78. The summed E-state index contributed by atoms with van der Waals surface area (Å²) >= 11 is 0. The number of ether oxygens (including phenoxy) is 1. The second-order valence-electron chi connectivity index (χ2n) is 2.25. The van der Waals surface area contributed by atoms with Crippen molar-refractivity contribution in [2.24, 2.45) is 0 Å².